The zero-order valence-corrected chi connectivity index (χ0v) is 21.9. The molecule has 0 saturated carbocycles. The van der Waals surface area contributed by atoms with Crippen LogP contribution in [0.15, 0.2) is 64.5 Å². The van der Waals surface area contributed by atoms with Gasteiger partial charge in [0.05, 0.1) is 6.04 Å². The van der Waals surface area contributed by atoms with E-state index in [4.69, 9.17) is 0 Å². The average Bonchev–Trinajstić information content (AvgIpc) is 3.25. The Hall–Kier alpha value is -2.44. The minimum absolute atomic E-state index is 0.0298. The molecule has 0 spiro atoms. The maximum Gasteiger partial charge on any atom is 0.254 e. The van der Waals surface area contributed by atoms with Crippen molar-refractivity contribution in [1.82, 2.24) is 9.80 Å². The van der Waals surface area contributed by atoms with Crippen LogP contribution in [-0.2, 0) is 11.2 Å². The summed E-state index contributed by atoms with van der Waals surface area (Å²) in [4.78, 5) is 32.1. The summed E-state index contributed by atoms with van der Waals surface area (Å²) < 4.78 is 0.915. The third-order valence-corrected chi connectivity index (χ3v) is 7.64. The number of fused-ring (bicyclic) bond motifs is 1. The third kappa shape index (κ3) is 5.07. The third-order valence-electron chi connectivity index (χ3n) is 6.12. The van der Waals surface area contributed by atoms with Gasteiger partial charge in [-0.05, 0) is 81.0 Å². The molecule has 0 saturated heterocycles. The largest absolute Gasteiger partial charge is 0.330 e. The highest BCUT2D eigenvalue weighted by Crippen LogP contribution is 2.38. The molecule has 1 aliphatic rings. The van der Waals surface area contributed by atoms with Gasteiger partial charge in [-0.1, -0.05) is 45.8 Å². The van der Waals surface area contributed by atoms with E-state index in [0.29, 0.717) is 12.1 Å². The molecule has 0 radical (unpaired) electrons. The van der Waals surface area contributed by atoms with E-state index in [9.17, 15) is 9.59 Å². The molecule has 2 amide bonds. The molecule has 3 aromatic rings. The summed E-state index contributed by atoms with van der Waals surface area (Å²) >= 11 is 5.18. The highest BCUT2D eigenvalue weighted by molar-refractivity contribution is 9.10. The van der Waals surface area contributed by atoms with Crippen molar-refractivity contribution in [2.75, 3.05) is 13.1 Å². The molecule has 0 bridgehead atoms. The van der Waals surface area contributed by atoms with E-state index in [-0.39, 0.29) is 24.4 Å². The zero-order valence-electron chi connectivity index (χ0n) is 19.5. The van der Waals surface area contributed by atoms with Crippen molar-refractivity contribution in [3.05, 3.63) is 91.6 Å². The Kier molecular flexibility index (Phi) is 6.78. The first kappa shape index (κ1) is 23.7. The quantitative estimate of drug-likeness (QED) is 0.405. The Morgan fingerprint density at radius 1 is 1.06 bits per heavy atom. The lowest BCUT2D eigenvalue weighted by Crippen LogP contribution is -2.52. The number of carbonyl (C=O) groups excluding carboxylic acids is 2. The van der Waals surface area contributed by atoms with Crippen molar-refractivity contribution >= 4 is 39.1 Å². The summed E-state index contributed by atoms with van der Waals surface area (Å²) in [6.45, 7) is 8.68. The Morgan fingerprint density at radius 3 is 2.36 bits per heavy atom. The lowest BCUT2D eigenvalue weighted by molar-refractivity contribution is -0.135. The number of hydrogen-bond acceptors (Lipinski definition) is 3. The second kappa shape index (κ2) is 9.43. The number of halogens is 1. The second-order valence-corrected chi connectivity index (χ2v) is 11.4. The maximum absolute atomic E-state index is 13.8. The average molecular weight is 526 g/mol. The van der Waals surface area contributed by atoms with Gasteiger partial charge in [0, 0.05) is 27.0 Å². The van der Waals surface area contributed by atoms with Crippen LogP contribution in [0.1, 0.15) is 58.7 Å². The van der Waals surface area contributed by atoms with Crippen LogP contribution in [-0.4, -0.2) is 40.2 Å². The molecule has 2 heterocycles. The van der Waals surface area contributed by atoms with E-state index in [0.717, 1.165) is 16.5 Å². The second-order valence-electron chi connectivity index (χ2n) is 9.52. The van der Waals surface area contributed by atoms with E-state index in [2.05, 4.69) is 58.6 Å². The van der Waals surface area contributed by atoms with Gasteiger partial charge in [0.25, 0.3) is 5.91 Å². The van der Waals surface area contributed by atoms with Crippen LogP contribution in [0.4, 0.5) is 0 Å². The van der Waals surface area contributed by atoms with Gasteiger partial charge in [0.2, 0.25) is 5.91 Å². The van der Waals surface area contributed by atoms with Crippen molar-refractivity contribution in [3.63, 3.8) is 0 Å². The van der Waals surface area contributed by atoms with E-state index >= 15 is 0 Å². The van der Waals surface area contributed by atoms with Crippen LogP contribution >= 0.6 is 27.3 Å². The number of carbonyl (C=O) groups is 2. The van der Waals surface area contributed by atoms with Crippen molar-refractivity contribution in [3.8, 4) is 0 Å². The molecule has 4 nitrogen and oxygen atoms in total. The Balaban J connectivity index is 1.65. The molecular formula is C27H29BrN2O2S. The predicted octanol–water partition coefficient (Wildman–Crippen LogP) is 6.23. The van der Waals surface area contributed by atoms with Gasteiger partial charge in [-0.15, -0.1) is 11.3 Å². The number of benzene rings is 2. The van der Waals surface area contributed by atoms with Gasteiger partial charge < -0.3 is 9.80 Å². The van der Waals surface area contributed by atoms with Crippen LogP contribution in [0.25, 0.3) is 0 Å². The Bertz CT molecular complexity index is 1150. The number of rotatable bonds is 4. The fourth-order valence-electron chi connectivity index (χ4n) is 4.28. The predicted molar refractivity (Wildman–Crippen MR) is 138 cm³/mol. The molecule has 1 atom stereocenters. The minimum Gasteiger partial charge on any atom is -0.330 e. The van der Waals surface area contributed by atoms with Gasteiger partial charge in [-0.3, -0.25) is 9.59 Å². The number of thiophene rings is 1. The molecular weight excluding hydrogens is 496 g/mol. The summed E-state index contributed by atoms with van der Waals surface area (Å²) in [5.74, 6) is -0.165. The molecule has 4 rings (SSSR count). The number of amides is 2. The SMILES string of the molecule is Cc1ccc(C2c3ccsc3CCN2C(=O)CN(C(=O)c2ccc(Br)cc2)C(C)(C)C)cc1. The van der Waals surface area contributed by atoms with Gasteiger partial charge in [0.15, 0.2) is 0 Å². The number of aryl methyl sites for hydroxylation is 1. The lowest BCUT2D eigenvalue weighted by Gasteiger charge is -2.40. The fourth-order valence-corrected chi connectivity index (χ4v) is 5.45. The van der Waals surface area contributed by atoms with Crippen LogP contribution < -0.4 is 0 Å². The molecule has 33 heavy (non-hydrogen) atoms. The smallest absolute Gasteiger partial charge is 0.254 e. The van der Waals surface area contributed by atoms with E-state index < -0.39 is 5.54 Å². The standard InChI is InChI=1S/C27H29BrN2O2S/c1-18-5-7-19(8-6-18)25-22-14-16-33-23(22)13-15-29(25)24(31)17-30(27(2,3)4)26(32)20-9-11-21(28)12-10-20/h5-12,14,16,25H,13,15,17H2,1-4H3. The normalized spacial score (nSPS) is 15.8. The maximum atomic E-state index is 13.8. The highest BCUT2D eigenvalue weighted by atomic mass is 79.9. The minimum atomic E-state index is -0.498. The van der Waals surface area contributed by atoms with Crippen molar-refractivity contribution in [2.45, 2.75) is 45.7 Å². The van der Waals surface area contributed by atoms with E-state index in [1.54, 1.807) is 28.4 Å². The summed E-state index contributed by atoms with van der Waals surface area (Å²) in [6.07, 6.45) is 0.845. The van der Waals surface area contributed by atoms with E-state index in [1.807, 2.05) is 37.8 Å². The molecule has 0 aliphatic carbocycles. The fraction of sp³-hybridized carbons (Fsp3) is 0.333. The summed E-state index contributed by atoms with van der Waals surface area (Å²) in [6, 6.07) is 17.7. The van der Waals surface area contributed by atoms with Crippen molar-refractivity contribution in [2.24, 2.45) is 0 Å². The number of nitrogens with zero attached hydrogens (tertiary/aromatic N) is 2. The highest BCUT2D eigenvalue weighted by Gasteiger charge is 2.36. The summed E-state index contributed by atoms with van der Waals surface area (Å²) in [5.41, 5.74) is 3.58. The lowest BCUT2D eigenvalue weighted by atomic mass is 9.92. The monoisotopic (exact) mass is 524 g/mol. The summed E-state index contributed by atoms with van der Waals surface area (Å²) in [5, 5.41) is 2.11. The van der Waals surface area contributed by atoms with Crippen molar-refractivity contribution < 1.29 is 9.59 Å². The van der Waals surface area contributed by atoms with Gasteiger partial charge >= 0.3 is 0 Å². The van der Waals surface area contributed by atoms with Gasteiger partial charge in [-0.25, -0.2) is 0 Å². The molecule has 1 aromatic heterocycles. The first-order chi connectivity index (χ1) is 15.6. The van der Waals surface area contributed by atoms with Gasteiger partial charge in [-0.2, -0.15) is 0 Å². The summed E-state index contributed by atoms with van der Waals surface area (Å²) in [7, 11) is 0. The Morgan fingerprint density at radius 2 is 1.73 bits per heavy atom. The molecule has 172 valence electrons. The first-order valence-electron chi connectivity index (χ1n) is 11.1. The van der Waals surface area contributed by atoms with Crippen LogP contribution in [0, 0.1) is 6.92 Å². The van der Waals surface area contributed by atoms with Crippen LogP contribution in [0.2, 0.25) is 0 Å². The van der Waals surface area contributed by atoms with Crippen molar-refractivity contribution in [1.29, 1.82) is 0 Å². The molecule has 1 unspecified atom stereocenters. The van der Waals surface area contributed by atoms with Crippen LogP contribution in [0.3, 0.4) is 0 Å². The molecule has 6 heteroatoms. The zero-order chi connectivity index (χ0) is 23.8. The molecule has 0 N–H and O–H groups in total. The molecule has 0 fully saturated rings. The van der Waals surface area contributed by atoms with Crippen LogP contribution in [0.5, 0.6) is 0 Å². The number of hydrogen-bond donors (Lipinski definition) is 0. The molecule has 2 aromatic carbocycles. The first-order valence-corrected chi connectivity index (χ1v) is 12.8. The van der Waals surface area contributed by atoms with Gasteiger partial charge in [0.1, 0.15) is 6.54 Å². The topological polar surface area (TPSA) is 40.6 Å². The molecule has 1 aliphatic heterocycles. The van der Waals surface area contributed by atoms with E-state index in [1.165, 1.54) is 16.0 Å². The Labute approximate surface area is 208 Å².